The van der Waals surface area contributed by atoms with E-state index in [1.807, 2.05) is 121 Å². The highest BCUT2D eigenvalue weighted by atomic mass is 35.5. The number of fused-ring (bicyclic) bond motifs is 2. The molecule has 82 heavy (non-hydrogen) atoms. The Bertz CT molecular complexity index is 4180. The fourth-order valence-electron chi connectivity index (χ4n) is 8.67. The number of benzene rings is 4. The molecule has 0 unspecified atom stereocenters. The van der Waals surface area contributed by atoms with E-state index in [0.717, 1.165) is 16.9 Å². The molecule has 0 amide bonds. The maximum Gasteiger partial charge on any atom is 0.498 e. The van der Waals surface area contributed by atoms with Crippen LogP contribution in [0, 0.1) is 31.8 Å². The van der Waals surface area contributed by atoms with Gasteiger partial charge in [-0.25, -0.2) is 49.7 Å². The molecule has 410 valence electrons. The van der Waals surface area contributed by atoms with Crippen molar-refractivity contribution in [3.63, 3.8) is 0 Å². The summed E-state index contributed by atoms with van der Waals surface area (Å²) in [6.07, 6.45) is 9.61. The largest absolute Gasteiger partial charge is 0.498 e. The molecule has 10 aromatic rings. The maximum atomic E-state index is 14.1. The number of aromatic nitrogens is 12. The van der Waals surface area contributed by atoms with Gasteiger partial charge in [0.2, 0.25) is 17.6 Å². The molecule has 11 rings (SSSR count). The third-order valence-corrected chi connectivity index (χ3v) is 13.9. The Hall–Kier alpha value is -10.1. The Labute approximate surface area is 476 Å². The highest BCUT2D eigenvalue weighted by Crippen LogP contribution is 2.37. The molecule has 1 aliphatic heterocycles. The summed E-state index contributed by atoms with van der Waals surface area (Å²) >= 11 is 6.31. The number of nitrogens with two attached hydrogens (primary N) is 2. The lowest BCUT2D eigenvalue weighted by Gasteiger charge is -2.32. The van der Waals surface area contributed by atoms with Crippen molar-refractivity contribution in [3.8, 4) is 28.6 Å². The number of hydrogen-bond acceptors (Lipinski definition) is 19. The zero-order chi connectivity index (χ0) is 58.5. The second-order valence-corrected chi connectivity index (χ2v) is 20.2. The molecular formula is C58H54BClN18O4. The predicted molar refractivity (Wildman–Crippen MR) is 316 cm³/mol. The lowest BCUT2D eigenvalue weighted by molar-refractivity contribution is 0.00578. The van der Waals surface area contributed by atoms with E-state index in [1.54, 1.807) is 60.5 Å². The topological polar surface area (TPSA) is 296 Å². The smallest absolute Gasteiger partial charge is 0.399 e. The van der Waals surface area contributed by atoms with Crippen molar-refractivity contribution >= 4 is 75.2 Å². The zero-order valence-corrected chi connectivity index (χ0v) is 46.6. The van der Waals surface area contributed by atoms with Gasteiger partial charge >= 0.3 is 7.12 Å². The van der Waals surface area contributed by atoms with Crippen LogP contribution in [0.25, 0.3) is 49.2 Å². The monoisotopic (exact) mass is 1110 g/mol. The number of nitriles is 1. The quantitative estimate of drug-likeness (QED) is 0.0734. The summed E-state index contributed by atoms with van der Waals surface area (Å²) in [7, 11) is -0.370. The van der Waals surface area contributed by atoms with Crippen LogP contribution in [-0.2, 0) is 9.31 Å². The van der Waals surface area contributed by atoms with E-state index in [9.17, 15) is 14.9 Å². The Morgan fingerprint density at radius 1 is 0.634 bits per heavy atom. The van der Waals surface area contributed by atoms with Crippen LogP contribution in [0.4, 0.5) is 29.2 Å². The Morgan fingerprint density at radius 2 is 1.11 bits per heavy atom. The Balaban J connectivity index is 0.000000159. The van der Waals surface area contributed by atoms with E-state index in [2.05, 4.69) is 61.4 Å². The van der Waals surface area contributed by atoms with Crippen molar-refractivity contribution < 1.29 is 9.31 Å². The van der Waals surface area contributed by atoms with E-state index >= 15 is 0 Å². The first-order valence-corrected chi connectivity index (χ1v) is 26.0. The SMILES string of the molecule is Cc1ncc(-c2cccc3nc([C@H](C)Nc4nc(N)ncc4C#N)n(-c4ccccc4)c(=O)c23)cn1.Cc1ncc(B2OC(C)(C)C(C)(C)O2)cn1.[C-]#[N+]c1cnc(N)nc1N[C@@H](C)c1nc2cccc(Cl)c2c(=O)n1-c1ccccc1. The van der Waals surface area contributed by atoms with Gasteiger partial charge in [0, 0.05) is 42.0 Å². The van der Waals surface area contributed by atoms with E-state index in [-0.39, 0.29) is 64.2 Å². The fourth-order valence-corrected chi connectivity index (χ4v) is 8.92. The summed E-state index contributed by atoms with van der Waals surface area (Å²) in [5.74, 6) is 2.87. The summed E-state index contributed by atoms with van der Waals surface area (Å²) in [5, 5.41) is 16.9. The molecule has 1 aliphatic rings. The number of anilines is 4. The lowest BCUT2D eigenvalue weighted by Crippen LogP contribution is -2.41. The molecule has 0 bridgehead atoms. The van der Waals surface area contributed by atoms with Gasteiger partial charge in [-0.2, -0.15) is 10.2 Å². The number of aryl methyl sites for hydroxylation is 2. The average Bonchev–Trinajstić information content (AvgIpc) is 3.86. The second-order valence-electron chi connectivity index (χ2n) is 19.8. The molecule has 4 aromatic carbocycles. The summed E-state index contributed by atoms with van der Waals surface area (Å²) in [5.41, 5.74) is 15.3. The predicted octanol–water partition coefficient (Wildman–Crippen LogP) is 8.79. The minimum atomic E-state index is -0.518. The minimum absolute atomic E-state index is 0.0283. The molecule has 1 fully saturated rings. The molecule has 0 saturated carbocycles. The molecule has 0 aliphatic carbocycles. The van der Waals surface area contributed by atoms with Crippen LogP contribution in [0.2, 0.25) is 5.02 Å². The van der Waals surface area contributed by atoms with Crippen molar-refractivity contribution in [1.82, 2.24) is 59.0 Å². The van der Waals surface area contributed by atoms with Gasteiger partial charge in [-0.15, -0.1) is 0 Å². The van der Waals surface area contributed by atoms with E-state index in [0.29, 0.717) is 61.2 Å². The number of nitrogens with one attached hydrogen (secondary N) is 2. The van der Waals surface area contributed by atoms with Gasteiger partial charge in [-0.05, 0) is 103 Å². The summed E-state index contributed by atoms with van der Waals surface area (Å²) in [6.45, 7) is 22.8. The summed E-state index contributed by atoms with van der Waals surface area (Å²) < 4.78 is 14.8. The van der Waals surface area contributed by atoms with Crippen LogP contribution in [0.1, 0.15) is 82.5 Å². The van der Waals surface area contributed by atoms with Gasteiger partial charge in [-0.1, -0.05) is 66.2 Å². The molecule has 2 atom stereocenters. The molecule has 7 heterocycles. The van der Waals surface area contributed by atoms with Gasteiger partial charge in [0.15, 0.2) is 0 Å². The second kappa shape index (κ2) is 23.7. The lowest BCUT2D eigenvalue weighted by atomic mass is 9.81. The van der Waals surface area contributed by atoms with Crippen LogP contribution in [-0.4, -0.2) is 77.3 Å². The van der Waals surface area contributed by atoms with Gasteiger partial charge in [0.05, 0.1) is 74.3 Å². The fraction of sp³-hybridized carbons (Fsp3) is 0.207. The van der Waals surface area contributed by atoms with Gasteiger partial charge in [0.25, 0.3) is 11.1 Å². The maximum absolute atomic E-state index is 14.1. The Morgan fingerprint density at radius 3 is 1.65 bits per heavy atom. The van der Waals surface area contributed by atoms with Crippen molar-refractivity contribution in [1.29, 1.82) is 5.26 Å². The minimum Gasteiger partial charge on any atom is -0.399 e. The van der Waals surface area contributed by atoms with Crippen LogP contribution in [0.15, 0.2) is 144 Å². The molecule has 24 heteroatoms. The number of nitrogens with zero attached hydrogens (tertiary/aromatic N) is 14. The van der Waals surface area contributed by atoms with Crippen molar-refractivity contribution in [2.24, 2.45) is 0 Å². The van der Waals surface area contributed by atoms with Crippen molar-refractivity contribution in [2.45, 2.75) is 78.7 Å². The molecule has 0 radical (unpaired) electrons. The summed E-state index contributed by atoms with van der Waals surface area (Å²) in [6, 6.07) is 30.1. The molecule has 6 aromatic heterocycles. The number of rotatable bonds is 10. The molecule has 22 nitrogen and oxygen atoms in total. The summed E-state index contributed by atoms with van der Waals surface area (Å²) in [4.78, 5) is 73.4. The number of hydrogen-bond donors (Lipinski definition) is 4. The van der Waals surface area contributed by atoms with Crippen molar-refractivity contribution in [3.05, 3.63) is 200 Å². The normalized spacial score (nSPS) is 13.8. The van der Waals surface area contributed by atoms with E-state index in [1.165, 1.54) is 17.0 Å². The van der Waals surface area contributed by atoms with Crippen LogP contribution < -0.4 is 38.7 Å². The van der Waals surface area contributed by atoms with Gasteiger partial charge in [0.1, 0.15) is 46.6 Å². The first-order valence-electron chi connectivity index (χ1n) is 25.6. The van der Waals surface area contributed by atoms with E-state index < -0.39 is 12.1 Å². The Kier molecular flexibility index (Phi) is 16.4. The molecule has 0 spiro atoms. The molecular weight excluding hydrogens is 1060 g/mol. The number of para-hydroxylation sites is 2. The third kappa shape index (κ3) is 11.9. The average molecular weight is 1110 g/mol. The van der Waals surface area contributed by atoms with Crippen LogP contribution in [0.5, 0.6) is 0 Å². The first kappa shape index (κ1) is 56.6. The van der Waals surface area contributed by atoms with Crippen LogP contribution in [0.3, 0.4) is 0 Å². The van der Waals surface area contributed by atoms with E-state index in [4.69, 9.17) is 48.9 Å². The number of halogens is 1. The van der Waals surface area contributed by atoms with Crippen molar-refractivity contribution in [2.75, 3.05) is 22.1 Å². The third-order valence-electron chi connectivity index (χ3n) is 13.6. The highest BCUT2D eigenvalue weighted by Gasteiger charge is 2.52. The van der Waals surface area contributed by atoms with Gasteiger partial charge in [-0.3, -0.25) is 18.7 Å². The first-order chi connectivity index (χ1) is 39.3. The van der Waals surface area contributed by atoms with Crippen LogP contribution >= 0.6 is 11.6 Å². The van der Waals surface area contributed by atoms with Gasteiger partial charge < -0.3 is 31.4 Å². The zero-order valence-electron chi connectivity index (χ0n) is 45.9. The highest BCUT2D eigenvalue weighted by molar-refractivity contribution is 6.61. The molecule has 6 N–H and O–H groups in total. The number of nitrogen functional groups attached to an aromatic ring is 2. The standard InChI is InChI=1S/C26H21N9O.C21H16ClN7O.C11H17BN2O2/c1-15(32-23-17(11-27)12-31-26(28)34-23)24-33-21-10-6-9-20(18-13-29-16(2)30-14-18)22(21)25(36)35(24)19-7-4-3-5-8-19;1-12(26-18-16(24-2)11-25-21(23)28-18)19-27-15-10-6-9-14(22)17(15)20(30)29(19)13-7-4-3-5-8-13;1-8-13-6-9(7-14-8)12-15-10(2,3)11(4,5)16-12/h3-10,12-15H,1-2H3,(H3,28,31,32,34);3-12H,1H3,(H3,23,25,26,28);6-7H,1-5H3/t15-;12-;/m00./s1. The molecule has 1 saturated heterocycles.